The Morgan fingerprint density at radius 1 is 1.39 bits per heavy atom. The van der Waals surface area contributed by atoms with Crippen LogP contribution in [0.15, 0.2) is 18.2 Å². The molecule has 0 amide bonds. The van der Waals surface area contributed by atoms with E-state index in [1.807, 2.05) is 12.1 Å². The van der Waals surface area contributed by atoms with E-state index in [0.717, 1.165) is 31.5 Å². The fourth-order valence-electron chi connectivity index (χ4n) is 2.71. The van der Waals surface area contributed by atoms with E-state index >= 15 is 0 Å². The quantitative estimate of drug-likeness (QED) is 0.764. The van der Waals surface area contributed by atoms with E-state index < -0.39 is 0 Å². The van der Waals surface area contributed by atoms with E-state index in [0.29, 0.717) is 0 Å². The van der Waals surface area contributed by atoms with E-state index in [1.165, 1.54) is 19.3 Å². The third-order valence-electron chi connectivity index (χ3n) is 3.94. The molecule has 100 valence electrons. The minimum atomic E-state index is -0.235. The lowest BCUT2D eigenvalue weighted by Gasteiger charge is -2.42. The summed E-state index contributed by atoms with van der Waals surface area (Å²) in [5, 5.41) is 3.72. The Labute approximate surface area is 114 Å². The number of benzene rings is 1. The highest BCUT2D eigenvalue weighted by molar-refractivity contribution is 6.30. The van der Waals surface area contributed by atoms with Crippen molar-refractivity contribution in [2.24, 2.45) is 5.41 Å². The smallest absolute Gasteiger partial charge is 0.144 e. The zero-order chi connectivity index (χ0) is 13.0. The van der Waals surface area contributed by atoms with Crippen LogP contribution in [0.4, 0.5) is 4.39 Å². The second-order valence-corrected chi connectivity index (χ2v) is 5.83. The first-order chi connectivity index (χ1) is 8.67. The highest BCUT2D eigenvalue weighted by Crippen LogP contribution is 2.43. The van der Waals surface area contributed by atoms with Crippen molar-refractivity contribution >= 4 is 11.6 Å². The molecule has 1 fully saturated rings. The predicted octanol–water partition coefficient (Wildman–Crippen LogP) is 4.19. The van der Waals surface area contributed by atoms with Crippen LogP contribution in [-0.2, 0) is 6.42 Å². The van der Waals surface area contributed by atoms with Gasteiger partial charge in [-0.2, -0.15) is 0 Å². The molecule has 1 aromatic carbocycles. The zero-order valence-electron chi connectivity index (χ0n) is 10.9. The molecule has 2 rings (SSSR count). The Balaban J connectivity index is 2.03. The van der Waals surface area contributed by atoms with Gasteiger partial charge in [-0.25, -0.2) is 4.39 Å². The van der Waals surface area contributed by atoms with Crippen LogP contribution in [0.5, 0.6) is 0 Å². The fourth-order valence-corrected chi connectivity index (χ4v) is 2.91. The lowest BCUT2D eigenvalue weighted by Crippen LogP contribution is -2.42. The molecule has 1 saturated carbocycles. The minimum absolute atomic E-state index is 0.235. The molecule has 0 radical (unpaired) electrons. The maximum absolute atomic E-state index is 13.9. The van der Waals surface area contributed by atoms with Gasteiger partial charge in [-0.15, -0.1) is 0 Å². The monoisotopic (exact) mass is 269 g/mol. The van der Waals surface area contributed by atoms with Gasteiger partial charge in [-0.3, -0.25) is 0 Å². The number of rotatable bonds is 6. The second kappa shape index (κ2) is 6.03. The van der Waals surface area contributed by atoms with Gasteiger partial charge in [0.25, 0.3) is 0 Å². The summed E-state index contributed by atoms with van der Waals surface area (Å²) in [6, 6.07) is 5.32. The Morgan fingerprint density at radius 3 is 2.78 bits per heavy atom. The van der Waals surface area contributed by atoms with Crippen molar-refractivity contribution in [3.05, 3.63) is 34.6 Å². The summed E-state index contributed by atoms with van der Waals surface area (Å²) in [5.41, 5.74) is 1.02. The molecule has 0 aromatic heterocycles. The maximum Gasteiger partial charge on any atom is 0.144 e. The van der Waals surface area contributed by atoms with Crippen LogP contribution in [0, 0.1) is 11.2 Å². The van der Waals surface area contributed by atoms with Crippen LogP contribution in [0.25, 0.3) is 0 Å². The van der Waals surface area contributed by atoms with Crippen LogP contribution in [0.3, 0.4) is 0 Å². The largest absolute Gasteiger partial charge is 0.316 e. The summed E-state index contributed by atoms with van der Waals surface area (Å²) in [7, 11) is 0. The Kier molecular flexibility index (Phi) is 4.63. The molecule has 0 aliphatic heterocycles. The first kappa shape index (κ1) is 13.8. The molecule has 1 N–H and O–H groups in total. The van der Waals surface area contributed by atoms with Crippen LogP contribution < -0.4 is 5.32 Å². The summed E-state index contributed by atoms with van der Waals surface area (Å²) < 4.78 is 13.9. The highest BCUT2D eigenvalue weighted by atomic mass is 35.5. The predicted molar refractivity (Wildman–Crippen MR) is 74.6 cm³/mol. The fraction of sp³-hybridized carbons (Fsp3) is 0.600. The van der Waals surface area contributed by atoms with Gasteiger partial charge < -0.3 is 5.32 Å². The number of hydrogen-bond acceptors (Lipinski definition) is 1. The third kappa shape index (κ3) is 3.04. The van der Waals surface area contributed by atoms with Gasteiger partial charge in [0, 0.05) is 6.54 Å². The molecule has 1 aliphatic carbocycles. The third-order valence-corrected chi connectivity index (χ3v) is 4.23. The van der Waals surface area contributed by atoms with Gasteiger partial charge in [0.05, 0.1) is 5.02 Å². The van der Waals surface area contributed by atoms with E-state index in [2.05, 4.69) is 12.2 Å². The van der Waals surface area contributed by atoms with Crippen molar-refractivity contribution in [1.82, 2.24) is 5.32 Å². The van der Waals surface area contributed by atoms with E-state index in [-0.39, 0.29) is 16.3 Å². The van der Waals surface area contributed by atoms with Crippen molar-refractivity contribution < 1.29 is 4.39 Å². The summed E-state index contributed by atoms with van der Waals surface area (Å²) in [6.45, 7) is 4.20. The average Bonchev–Trinajstić information content (AvgIpc) is 2.31. The van der Waals surface area contributed by atoms with Crippen LogP contribution in [0.1, 0.15) is 38.2 Å². The van der Waals surface area contributed by atoms with Gasteiger partial charge in [0.2, 0.25) is 0 Å². The van der Waals surface area contributed by atoms with Gasteiger partial charge in [0.15, 0.2) is 0 Å². The van der Waals surface area contributed by atoms with Crippen molar-refractivity contribution in [1.29, 1.82) is 0 Å². The molecule has 1 aliphatic rings. The van der Waals surface area contributed by atoms with Crippen LogP contribution in [0.2, 0.25) is 5.02 Å². The van der Waals surface area contributed by atoms with Crippen LogP contribution in [-0.4, -0.2) is 13.1 Å². The Hall–Kier alpha value is -0.600. The number of nitrogens with one attached hydrogen (secondary N) is 1. The standard InChI is InChI=1S/C15H21ClFN/c1-2-9-18-11-15(7-4-8-15)10-12-5-3-6-13(16)14(12)17/h3,5-6,18H,2,4,7-11H2,1H3. The topological polar surface area (TPSA) is 12.0 Å². The summed E-state index contributed by atoms with van der Waals surface area (Å²) in [5.74, 6) is -0.235. The van der Waals surface area contributed by atoms with E-state index in [9.17, 15) is 4.39 Å². The van der Waals surface area contributed by atoms with E-state index in [1.54, 1.807) is 6.07 Å². The van der Waals surface area contributed by atoms with Crippen molar-refractivity contribution in [3.8, 4) is 0 Å². The number of hydrogen-bond donors (Lipinski definition) is 1. The summed E-state index contributed by atoms with van der Waals surface area (Å²) in [6.07, 6.45) is 5.58. The summed E-state index contributed by atoms with van der Waals surface area (Å²) in [4.78, 5) is 0. The lowest BCUT2D eigenvalue weighted by molar-refractivity contribution is 0.129. The maximum atomic E-state index is 13.9. The molecule has 0 saturated heterocycles. The molecule has 18 heavy (non-hydrogen) atoms. The van der Waals surface area contributed by atoms with E-state index in [4.69, 9.17) is 11.6 Å². The van der Waals surface area contributed by atoms with Gasteiger partial charge in [-0.05, 0) is 49.3 Å². The van der Waals surface area contributed by atoms with Crippen LogP contribution >= 0.6 is 11.6 Å². The molecule has 0 bridgehead atoms. The Morgan fingerprint density at radius 2 is 2.17 bits per heavy atom. The highest BCUT2D eigenvalue weighted by Gasteiger charge is 2.37. The molecule has 1 aromatic rings. The molecular formula is C15H21ClFN. The summed E-state index contributed by atoms with van der Waals surface area (Å²) >= 11 is 5.84. The Bertz CT molecular complexity index is 401. The van der Waals surface area contributed by atoms with Crippen molar-refractivity contribution in [2.45, 2.75) is 39.0 Å². The van der Waals surface area contributed by atoms with Crippen molar-refractivity contribution in [2.75, 3.05) is 13.1 Å². The molecule has 3 heteroatoms. The van der Waals surface area contributed by atoms with Gasteiger partial charge in [0.1, 0.15) is 5.82 Å². The molecule has 0 heterocycles. The molecule has 1 nitrogen and oxygen atoms in total. The number of halogens is 2. The van der Waals surface area contributed by atoms with Crippen molar-refractivity contribution in [3.63, 3.8) is 0 Å². The van der Waals surface area contributed by atoms with Gasteiger partial charge >= 0.3 is 0 Å². The second-order valence-electron chi connectivity index (χ2n) is 5.42. The minimum Gasteiger partial charge on any atom is -0.316 e. The van der Waals surface area contributed by atoms with Gasteiger partial charge in [-0.1, -0.05) is 37.1 Å². The molecular weight excluding hydrogens is 249 g/mol. The first-order valence-electron chi connectivity index (χ1n) is 6.80. The molecule has 0 unspecified atom stereocenters. The first-order valence-corrected chi connectivity index (χ1v) is 7.18. The normalized spacial score (nSPS) is 17.5. The molecule has 0 atom stereocenters. The molecule has 0 spiro atoms. The zero-order valence-corrected chi connectivity index (χ0v) is 11.7. The average molecular weight is 270 g/mol. The SMILES string of the molecule is CCCNCC1(Cc2cccc(Cl)c2F)CCC1. The lowest BCUT2D eigenvalue weighted by atomic mass is 9.65.